The average molecular weight is 261 g/mol. The van der Waals surface area contributed by atoms with E-state index >= 15 is 0 Å². The molecule has 1 aromatic heterocycles. The van der Waals surface area contributed by atoms with Gasteiger partial charge in [-0.3, -0.25) is 0 Å². The molecule has 0 spiro atoms. The minimum atomic E-state index is -2.92. The van der Waals surface area contributed by atoms with E-state index < -0.39 is 9.84 Å². The molecule has 2 heterocycles. The number of H-pyrrole nitrogens is 1. The molecule has 1 atom stereocenters. The van der Waals surface area contributed by atoms with Crippen LogP contribution in [0.2, 0.25) is 0 Å². The van der Waals surface area contributed by atoms with Crippen molar-refractivity contribution in [2.45, 2.75) is 12.3 Å². The molecule has 0 bridgehead atoms. The van der Waals surface area contributed by atoms with Crippen LogP contribution in [0.3, 0.4) is 0 Å². The second kappa shape index (κ2) is 3.82. The monoisotopic (exact) mass is 261 g/mol. The highest BCUT2D eigenvalue weighted by atomic mass is 32.2. The van der Waals surface area contributed by atoms with Crippen molar-refractivity contribution in [3.63, 3.8) is 0 Å². The van der Waals surface area contributed by atoms with Crippen molar-refractivity contribution in [1.29, 1.82) is 5.26 Å². The van der Waals surface area contributed by atoms with Gasteiger partial charge in [-0.05, 0) is 18.6 Å². The Morgan fingerprint density at radius 3 is 2.94 bits per heavy atom. The zero-order valence-corrected chi connectivity index (χ0v) is 10.4. The van der Waals surface area contributed by atoms with Crippen molar-refractivity contribution < 1.29 is 8.42 Å². The Morgan fingerprint density at radius 2 is 2.28 bits per heavy atom. The Morgan fingerprint density at radius 1 is 1.44 bits per heavy atom. The first-order valence-corrected chi connectivity index (χ1v) is 7.50. The molecule has 6 heteroatoms. The zero-order chi connectivity index (χ0) is 12.8. The first kappa shape index (κ1) is 11.2. The van der Waals surface area contributed by atoms with Crippen molar-refractivity contribution in [3.05, 3.63) is 29.6 Å². The Bertz CT molecular complexity index is 755. The van der Waals surface area contributed by atoms with Gasteiger partial charge in [0.1, 0.15) is 17.4 Å². The predicted molar refractivity (Wildman–Crippen MR) is 66.8 cm³/mol. The molecular weight excluding hydrogens is 250 g/mol. The van der Waals surface area contributed by atoms with Crippen LogP contribution in [0.15, 0.2) is 18.2 Å². The first-order valence-electron chi connectivity index (χ1n) is 5.68. The van der Waals surface area contributed by atoms with Crippen LogP contribution < -0.4 is 0 Å². The van der Waals surface area contributed by atoms with Gasteiger partial charge in [-0.15, -0.1) is 0 Å². The number of aromatic nitrogens is 2. The van der Waals surface area contributed by atoms with Crippen LogP contribution in [-0.2, 0) is 9.84 Å². The van der Waals surface area contributed by atoms with E-state index in [1.165, 1.54) is 0 Å². The number of aromatic amines is 1. The summed E-state index contributed by atoms with van der Waals surface area (Å²) in [6, 6.07) is 7.43. The van der Waals surface area contributed by atoms with Gasteiger partial charge in [0.15, 0.2) is 9.84 Å². The Balaban J connectivity index is 2.08. The van der Waals surface area contributed by atoms with Gasteiger partial charge in [-0.25, -0.2) is 13.4 Å². The summed E-state index contributed by atoms with van der Waals surface area (Å²) in [7, 11) is -2.92. The summed E-state index contributed by atoms with van der Waals surface area (Å²) < 4.78 is 22.9. The lowest BCUT2D eigenvalue weighted by molar-refractivity contribution is 0.601. The zero-order valence-electron chi connectivity index (χ0n) is 9.55. The first-order chi connectivity index (χ1) is 8.59. The van der Waals surface area contributed by atoms with Crippen molar-refractivity contribution in [2.24, 2.45) is 0 Å². The van der Waals surface area contributed by atoms with Crippen molar-refractivity contribution >= 4 is 20.9 Å². The Kier molecular flexibility index (Phi) is 2.38. The number of hydrogen-bond acceptors (Lipinski definition) is 4. The number of imidazole rings is 1. The molecule has 1 N–H and O–H groups in total. The van der Waals surface area contributed by atoms with E-state index in [1.54, 1.807) is 12.1 Å². The van der Waals surface area contributed by atoms with Crippen molar-refractivity contribution in [3.8, 4) is 6.07 Å². The minimum Gasteiger partial charge on any atom is -0.342 e. The molecule has 1 aromatic carbocycles. The van der Waals surface area contributed by atoms with E-state index in [2.05, 4.69) is 16.0 Å². The Labute approximate surface area is 104 Å². The number of nitriles is 1. The van der Waals surface area contributed by atoms with Crippen LogP contribution in [-0.4, -0.2) is 29.9 Å². The predicted octanol–water partition coefficient (Wildman–Crippen LogP) is 1.34. The van der Waals surface area contributed by atoms with Crippen LogP contribution in [0, 0.1) is 11.3 Å². The van der Waals surface area contributed by atoms with E-state index in [-0.39, 0.29) is 17.4 Å². The molecule has 3 rings (SSSR count). The number of benzene rings is 1. The third-order valence-electron chi connectivity index (χ3n) is 3.27. The molecule has 1 aliphatic heterocycles. The summed E-state index contributed by atoms with van der Waals surface area (Å²) in [6.07, 6.45) is 0.601. The summed E-state index contributed by atoms with van der Waals surface area (Å²) in [4.78, 5) is 7.51. The number of sulfone groups is 1. The molecule has 92 valence electrons. The summed E-state index contributed by atoms with van der Waals surface area (Å²) >= 11 is 0. The van der Waals surface area contributed by atoms with Gasteiger partial charge in [-0.2, -0.15) is 5.26 Å². The van der Waals surface area contributed by atoms with E-state index in [0.29, 0.717) is 23.3 Å². The lowest BCUT2D eigenvalue weighted by Crippen LogP contribution is -2.04. The van der Waals surface area contributed by atoms with Crippen LogP contribution in [0.25, 0.3) is 11.0 Å². The maximum absolute atomic E-state index is 11.5. The molecule has 2 aromatic rings. The van der Waals surface area contributed by atoms with Crippen LogP contribution in [0.5, 0.6) is 0 Å². The summed E-state index contributed by atoms with van der Waals surface area (Å²) in [6.45, 7) is 0. The highest BCUT2D eigenvalue weighted by Gasteiger charge is 2.31. The molecule has 18 heavy (non-hydrogen) atoms. The standard InChI is InChI=1S/C12H11N3O2S/c13-6-8-2-1-3-10-11(8)15-12(14-10)9-4-5-18(16,17)7-9/h1-3,9H,4-5,7H2,(H,14,15). The number of hydrogen-bond donors (Lipinski definition) is 1. The molecule has 1 aliphatic rings. The van der Waals surface area contributed by atoms with Crippen LogP contribution in [0.1, 0.15) is 23.7 Å². The molecule has 0 amide bonds. The fraction of sp³-hybridized carbons (Fsp3) is 0.333. The van der Waals surface area contributed by atoms with E-state index in [4.69, 9.17) is 5.26 Å². The fourth-order valence-electron chi connectivity index (χ4n) is 2.35. The molecule has 0 radical (unpaired) electrons. The smallest absolute Gasteiger partial charge is 0.151 e. The number of nitrogens with one attached hydrogen (secondary N) is 1. The molecule has 0 saturated carbocycles. The third kappa shape index (κ3) is 1.77. The van der Waals surface area contributed by atoms with E-state index in [0.717, 1.165) is 5.52 Å². The molecule has 5 nitrogen and oxygen atoms in total. The highest BCUT2D eigenvalue weighted by molar-refractivity contribution is 7.91. The van der Waals surface area contributed by atoms with Gasteiger partial charge < -0.3 is 4.98 Å². The third-order valence-corrected chi connectivity index (χ3v) is 5.04. The minimum absolute atomic E-state index is 0.0751. The lowest BCUT2D eigenvalue weighted by Gasteiger charge is -2.01. The maximum Gasteiger partial charge on any atom is 0.151 e. The largest absolute Gasteiger partial charge is 0.342 e. The molecule has 1 fully saturated rings. The molecule has 1 unspecified atom stereocenters. The molecule has 1 saturated heterocycles. The second-order valence-electron chi connectivity index (χ2n) is 4.54. The van der Waals surface area contributed by atoms with Gasteiger partial charge in [0.05, 0.1) is 22.6 Å². The highest BCUT2D eigenvalue weighted by Crippen LogP contribution is 2.29. The summed E-state index contributed by atoms with van der Waals surface area (Å²) in [5, 5.41) is 8.99. The van der Waals surface area contributed by atoms with Gasteiger partial charge in [-0.1, -0.05) is 6.07 Å². The number of nitrogens with zero attached hydrogens (tertiary/aromatic N) is 2. The summed E-state index contributed by atoms with van der Waals surface area (Å²) in [5.41, 5.74) is 1.92. The Hall–Kier alpha value is -1.87. The number of para-hydroxylation sites is 1. The topological polar surface area (TPSA) is 86.6 Å². The van der Waals surface area contributed by atoms with E-state index in [1.807, 2.05) is 6.07 Å². The second-order valence-corrected chi connectivity index (χ2v) is 6.76. The summed E-state index contributed by atoms with van der Waals surface area (Å²) in [5.74, 6) is 0.969. The maximum atomic E-state index is 11.5. The fourth-order valence-corrected chi connectivity index (χ4v) is 4.09. The molecule has 0 aliphatic carbocycles. The van der Waals surface area contributed by atoms with Crippen molar-refractivity contribution in [2.75, 3.05) is 11.5 Å². The average Bonchev–Trinajstić information content (AvgIpc) is 2.91. The SMILES string of the molecule is N#Cc1cccc2[nH]c(C3CCS(=O)(=O)C3)nc12. The van der Waals surface area contributed by atoms with Gasteiger partial charge >= 0.3 is 0 Å². The van der Waals surface area contributed by atoms with E-state index in [9.17, 15) is 8.42 Å². The molecular formula is C12H11N3O2S. The quantitative estimate of drug-likeness (QED) is 0.839. The normalized spacial score (nSPS) is 22.1. The number of fused-ring (bicyclic) bond motifs is 1. The van der Waals surface area contributed by atoms with Crippen LogP contribution >= 0.6 is 0 Å². The van der Waals surface area contributed by atoms with Gasteiger partial charge in [0.2, 0.25) is 0 Å². The van der Waals surface area contributed by atoms with Crippen LogP contribution in [0.4, 0.5) is 0 Å². The number of rotatable bonds is 1. The van der Waals surface area contributed by atoms with Gasteiger partial charge in [0.25, 0.3) is 0 Å². The van der Waals surface area contributed by atoms with Gasteiger partial charge in [0, 0.05) is 5.92 Å². The van der Waals surface area contributed by atoms with Crippen molar-refractivity contribution in [1.82, 2.24) is 9.97 Å². The lowest BCUT2D eigenvalue weighted by atomic mass is 10.1.